The predicted molar refractivity (Wildman–Crippen MR) is 140 cm³/mol. The minimum atomic E-state index is -1.39. The number of nitrogens with zero attached hydrogens (tertiary/aromatic N) is 2. The Morgan fingerprint density at radius 1 is 1.00 bits per heavy atom. The van der Waals surface area contributed by atoms with Crippen molar-refractivity contribution >= 4 is 25.7 Å². The maximum Gasteiger partial charge on any atom is 0.130 e. The number of aliphatic imine (C=N–C) groups is 1. The normalized spacial score (nSPS) is 18.8. The highest BCUT2D eigenvalue weighted by molar-refractivity contribution is 6.83. The van der Waals surface area contributed by atoms with Gasteiger partial charge >= 0.3 is 0 Å². The first-order chi connectivity index (χ1) is 14.9. The van der Waals surface area contributed by atoms with E-state index < -0.39 is 8.07 Å². The second-order valence-electron chi connectivity index (χ2n) is 11.6. The van der Waals surface area contributed by atoms with E-state index in [9.17, 15) is 5.11 Å². The van der Waals surface area contributed by atoms with Gasteiger partial charge in [-0.2, -0.15) is 0 Å². The molecule has 0 aliphatic carbocycles. The Bertz CT molecular complexity index is 1120. The van der Waals surface area contributed by atoms with E-state index in [4.69, 9.17) is 4.99 Å². The van der Waals surface area contributed by atoms with Crippen molar-refractivity contribution in [1.82, 2.24) is 0 Å². The van der Waals surface area contributed by atoms with Crippen molar-refractivity contribution in [3.8, 4) is 17.2 Å². The van der Waals surface area contributed by atoms with Crippen LogP contribution >= 0.6 is 0 Å². The van der Waals surface area contributed by atoms with E-state index in [1.54, 1.807) is 0 Å². The zero-order chi connectivity index (χ0) is 23.3. The van der Waals surface area contributed by atoms with Crippen molar-refractivity contribution in [2.75, 3.05) is 18.0 Å². The Kier molecular flexibility index (Phi) is 5.54. The summed E-state index contributed by atoms with van der Waals surface area (Å²) in [4.78, 5) is 7.18. The minimum Gasteiger partial charge on any atom is -0.507 e. The Morgan fingerprint density at radius 2 is 1.62 bits per heavy atom. The van der Waals surface area contributed by atoms with Crippen molar-refractivity contribution in [3.05, 3.63) is 52.6 Å². The molecular formula is C28H36N2OSi. The monoisotopic (exact) mass is 444 g/mol. The molecule has 3 nitrogen and oxygen atoms in total. The lowest BCUT2D eigenvalue weighted by atomic mass is 9.69. The molecule has 0 saturated carbocycles. The molecule has 1 N–H and O–H groups in total. The van der Waals surface area contributed by atoms with Crippen molar-refractivity contribution in [3.63, 3.8) is 0 Å². The van der Waals surface area contributed by atoms with Crippen LogP contribution < -0.4 is 4.90 Å². The highest BCUT2D eigenvalue weighted by Crippen LogP contribution is 2.52. The summed E-state index contributed by atoms with van der Waals surface area (Å²) < 4.78 is 0. The van der Waals surface area contributed by atoms with Gasteiger partial charge in [-0.05, 0) is 59.6 Å². The fourth-order valence-corrected chi connectivity index (χ4v) is 5.25. The summed E-state index contributed by atoms with van der Waals surface area (Å²) in [7, 11) is -1.39. The second-order valence-corrected chi connectivity index (χ2v) is 16.4. The molecule has 4 heteroatoms. The summed E-state index contributed by atoms with van der Waals surface area (Å²) in [6, 6.07) is 10.2. The number of rotatable bonds is 2. The second kappa shape index (κ2) is 7.81. The molecule has 2 aromatic carbocycles. The van der Waals surface area contributed by atoms with Crippen LogP contribution in [0.1, 0.15) is 62.8 Å². The van der Waals surface area contributed by atoms with Gasteiger partial charge in [0.25, 0.3) is 0 Å². The van der Waals surface area contributed by atoms with Crippen LogP contribution in [0, 0.1) is 11.5 Å². The number of phenols is 1. The SMILES string of the molecule is CC1(C)CCN2CCC(C)(C)c3c(O)c(C=Nc4ccc(C#C[Si](C)(C)C)cc4)cc1c32. The van der Waals surface area contributed by atoms with Crippen LogP contribution in [0.15, 0.2) is 35.3 Å². The van der Waals surface area contributed by atoms with Gasteiger partial charge in [0.2, 0.25) is 0 Å². The number of benzene rings is 2. The molecule has 2 aliphatic rings. The minimum absolute atomic E-state index is 0.0569. The molecular weight excluding hydrogens is 408 g/mol. The van der Waals surface area contributed by atoms with E-state index in [0.29, 0.717) is 5.75 Å². The number of anilines is 1. The summed E-state index contributed by atoms with van der Waals surface area (Å²) in [5.41, 5.74) is 9.82. The Balaban J connectivity index is 1.72. The quantitative estimate of drug-likeness (QED) is 0.324. The largest absolute Gasteiger partial charge is 0.507 e. The molecule has 0 unspecified atom stereocenters. The third-order valence-corrected chi connectivity index (χ3v) is 7.71. The van der Waals surface area contributed by atoms with Crippen molar-refractivity contribution < 1.29 is 5.11 Å². The Morgan fingerprint density at radius 3 is 2.25 bits per heavy atom. The highest BCUT2D eigenvalue weighted by Gasteiger charge is 2.42. The molecule has 4 rings (SSSR count). The maximum atomic E-state index is 11.3. The third kappa shape index (κ3) is 4.36. The molecule has 0 radical (unpaired) electrons. The average Bonchev–Trinajstić information content (AvgIpc) is 2.70. The van der Waals surface area contributed by atoms with Crippen molar-refractivity contribution in [2.24, 2.45) is 4.99 Å². The van der Waals surface area contributed by atoms with Gasteiger partial charge in [-0.25, -0.2) is 0 Å². The zero-order valence-electron chi connectivity index (χ0n) is 20.6. The lowest BCUT2D eigenvalue weighted by Crippen LogP contribution is -2.44. The first-order valence-corrected chi connectivity index (χ1v) is 15.2. The molecule has 0 bridgehead atoms. The van der Waals surface area contributed by atoms with Crippen LogP contribution in [0.5, 0.6) is 5.75 Å². The van der Waals surface area contributed by atoms with Gasteiger partial charge in [-0.3, -0.25) is 4.99 Å². The third-order valence-electron chi connectivity index (χ3n) is 6.84. The van der Waals surface area contributed by atoms with E-state index >= 15 is 0 Å². The van der Waals surface area contributed by atoms with Crippen molar-refractivity contribution in [2.45, 2.75) is 71.0 Å². The summed E-state index contributed by atoms with van der Waals surface area (Å²) in [6.45, 7) is 18.0. The molecule has 32 heavy (non-hydrogen) atoms. The van der Waals surface area contributed by atoms with Gasteiger partial charge in [0, 0.05) is 41.7 Å². The Labute approximate surface area is 194 Å². The van der Waals surface area contributed by atoms with E-state index in [1.165, 1.54) is 11.3 Å². The van der Waals surface area contributed by atoms with Crippen molar-refractivity contribution in [1.29, 1.82) is 0 Å². The smallest absolute Gasteiger partial charge is 0.130 e. The lowest BCUT2D eigenvalue weighted by molar-refractivity contribution is 0.378. The number of aromatic hydroxyl groups is 1. The van der Waals surface area contributed by atoms with Crippen LogP contribution in [-0.4, -0.2) is 32.5 Å². The number of hydrogen-bond donors (Lipinski definition) is 1. The molecule has 0 atom stereocenters. The van der Waals surface area contributed by atoms with Crippen LogP contribution in [0.25, 0.3) is 0 Å². The maximum absolute atomic E-state index is 11.3. The molecule has 0 spiro atoms. The number of phenolic OH excluding ortho intramolecular Hbond substituents is 1. The van der Waals surface area contributed by atoms with E-state index in [-0.39, 0.29) is 10.8 Å². The standard InChI is InChI=1S/C28H36N2OSi/c1-27(2)13-15-30-16-14-28(3,4)24-25(30)23(27)18-21(26(24)31)19-29-22-10-8-20(9-11-22)12-17-32(5,6)7/h8-11,18-19,31H,13-16H2,1-7H3. The van der Waals surface area contributed by atoms with Gasteiger partial charge in [0.05, 0.1) is 5.69 Å². The lowest BCUT2D eigenvalue weighted by Gasteiger charge is -2.48. The summed E-state index contributed by atoms with van der Waals surface area (Å²) in [5, 5.41) is 11.3. The van der Waals surface area contributed by atoms with Gasteiger partial charge in [0.15, 0.2) is 0 Å². The van der Waals surface area contributed by atoms with E-state index in [1.807, 2.05) is 30.5 Å². The number of hydrogen-bond acceptors (Lipinski definition) is 3. The first-order valence-electron chi connectivity index (χ1n) is 11.7. The molecule has 0 fully saturated rings. The van der Waals surface area contributed by atoms with Crippen LogP contribution in [0.2, 0.25) is 19.6 Å². The summed E-state index contributed by atoms with van der Waals surface area (Å²) in [6.07, 6.45) is 4.00. The van der Waals surface area contributed by atoms with Crippen LogP contribution in [0.4, 0.5) is 11.4 Å². The molecule has 2 aliphatic heterocycles. The average molecular weight is 445 g/mol. The summed E-state index contributed by atoms with van der Waals surface area (Å²) >= 11 is 0. The molecule has 2 heterocycles. The van der Waals surface area contributed by atoms with Gasteiger partial charge < -0.3 is 10.0 Å². The molecule has 0 aromatic heterocycles. The molecule has 2 aromatic rings. The topological polar surface area (TPSA) is 35.8 Å². The highest BCUT2D eigenvalue weighted by atomic mass is 28.3. The summed E-state index contributed by atoms with van der Waals surface area (Å²) in [5.74, 6) is 3.67. The fourth-order valence-electron chi connectivity index (χ4n) is 4.73. The van der Waals surface area contributed by atoms with Gasteiger partial charge in [0.1, 0.15) is 13.8 Å². The molecule has 168 valence electrons. The Hall–Kier alpha value is -2.51. The fraction of sp³-hybridized carbons (Fsp3) is 0.464. The van der Waals surface area contributed by atoms with Gasteiger partial charge in [-0.15, -0.1) is 5.54 Å². The van der Waals surface area contributed by atoms with E-state index in [0.717, 1.165) is 48.3 Å². The molecule has 0 saturated heterocycles. The predicted octanol–water partition coefficient (Wildman–Crippen LogP) is 6.54. The van der Waals surface area contributed by atoms with E-state index in [2.05, 4.69) is 69.8 Å². The first kappa shape index (κ1) is 22.7. The van der Waals surface area contributed by atoms with Crippen LogP contribution in [-0.2, 0) is 10.8 Å². The molecule has 0 amide bonds. The van der Waals surface area contributed by atoms with Gasteiger partial charge in [-0.1, -0.05) is 53.3 Å². The van der Waals surface area contributed by atoms with Crippen LogP contribution in [0.3, 0.4) is 0 Å². The zero-order valence-corrected chi connectivity index (χ0v) is 21.6.